The van der Waals surface area contributed by atoms with Crippen molar-refractivity contribution in [3.63, 3.8) is 0 Å². The van der Waals surface area contributed by atoms with Crippen molar-refractivity contribution in [2.75, 3.05) is 6.54 Å². The van der Waals surface area contributed by atoms with E-state index in [4.69, 9.17) is 5.73 Å². The smallest absolute Gasteiger partial charge is 0.242 e. The van der Waals surface area contributed by atoms with Crippen molar-refractivity contribution in [1.82, 2.24) is 4.90 Å². The van der Waals surface area contributed by atoms with Crippen molar-refractivity contribution in [1.29, 1.82) is 0 Å². The third-order valence-corrected chi connectivity index (χ3v) is 5.44. The molecule has 0 spiro atoms. The van der Waals surface area contributed by atoms with Crippen LogP contribution in [0, 0.1) is 5.92 Å². The van der Waals surface area contributed by atoms with Crippen molar-refractivity contribution >= 4 is 5.91 Å². The molecule has 0 bridgehead atoms. The topological polar surface area (TPSA) is 46.3 Å². The van der Waals surface area contributed by atoms with E-state index in [2.05, 4.69) is 4.90 Å². The van der Waals surface area contributed by atoms with Gasteiger partial charge in [-0.2, -0.15) is 0 Å². The van der Waals surface area contributed by atoms with E-state index in [0.717, 1.165) is 31.7 Å². The SMILES string of the molecule is CCC(N)(CC)C(=O)N1CCCC1C1CCCCC1. The van der Waals surface area contributed by atoms with Gasteiger partial charge in [0.1, 0.15) is 0 Å². The fraction of sp³-hybridized carbons (Fsp3) is 0.938. The third-order valence-electron chi connectivity index (χ3n) is 5.44. The van der Waals surface area contributed by atoms with Gasteiger partial charge in [-0.25, -0.2) is 0 Å². The Morgan fingerprint density at radius 3 is 2.32 bits per heavy atom. The van der Waals surface area contributed by atoms with Gasteiger partial charge >= 0.3 is 0 Å². The molecule has 1 saturated heterocycles. The van der Waals surface area contributed by atoms with Crippen molar-refractivity contribution in [3.8, 4) is 0 Å². The molecule has 2 fully saturated rings. The van der Waals surface area contributed by atoms with Crippen LogP contribution in [0.25, 0.3) is 0 Å². The largest absolute Gasteiger partial charge is 0.338 e. The number of amides is 1. The maximum Gasteiger partial charge on any atom is 0.242 e. The second-order valence-corrected chi connectivity index (χ2v) is 6.47. The lowest BCUT2D eigenvalue weighted by Gasteiger charge is -2.38. The van der Waals surface area contributed by atoms with Gasteiger partial charge in [0.05, 0.1) is 5.54 Å². The lowest BCUT2D eigenvalue weighted by Crippen LogP contribution is -2.56. The molecular weight excluding hydrogens is 236 g/mol. The molecule has 0 radical (unpaired) electrons. The number of likely N-dealkylation sites (tertiary alicyclic amines) is 1. The van der Waals surface area contributed by atoms with Gasteiger partial charge in [0.2, 0.25) is 5.91 Å². The number of hydrogen-bond acceptors (Lipinski definition) is 2. The molecule has 19 heavy (non-hydrogen) atoms. The first kappa shape index (κ1) is 14.8. The van der Waals surface area contributed by atoms with Crippen LogP contribution in [-0.2, 0) is 4.79 Å². The molecule has 1 unspecified atom stereocenters. The fourth-order valence-corrected chi connectivity index (χ4v) is 3.89. The summed E-state index contributed by atoms with van der Waals surface area (Å²) in [4.78, 5) is 14.9. The van der Waals surface area contributed by atoms with E-state index in [1.54, 1.807) is 0 Å². The molecule has 1 aliphatic heterocycles. The van der Waals surface area contributed by atoms with Crippen molar-refractivity contribution in [2.45, 2.75) is 83.2 Å². The summed E-state index contributed by atoms with van der Waals surface area (Å²) in [6, 6.07) is 0.480. The maximum absolute atomic E-state index is 12.8. The highest BCUT2D eigenvalue weighted by atomic mass is 16.2. The van der Waals surface area contributed by atoms with Crippen LogP contribution < -0.4 is 5.73 Å². The van der Waals surface area contributed by atoms with E-state index >= 15 is 0 Å². The highest BCUT2D eigenvalue weighted by Crippen LogP contribution is 2.35. The predicted octanol–water partition coefficient (Wildman–Crippen LogP) is 3.08. The van der Waals surface area contributed by atoms with Crippen LogP contribution in [0.1, 0.15) is 71.6 Å². The molecule has 2 N–H and O–H groups in total. The summed E-state index contributed by atoms with van der Waals surface area (Å²) < 4.78 is 0. The summed E-state index contributed by atoms with van der Waals surface area (Å²) >= 11 is 0. The summed E-state index contributed by atoms with van der Waals surface area (Å²) in [6.45, 7) is 5.00. The molecular formula is C16H30N2O. The zero-order valence-corrected chi connectivity index (χ0v) is 12.7. The number of carbonyl (C=O) groups is 1. The molecule has 2 aliphatic rings. The summed E-state index contributed by atoms with van der Waals surface area (Å²) in [5.74, 6) is 0.948. The van der Waals surface area contributed by atoms with E-state index in [1.807, 2.05) is 13.8 Å². The Balaban J connectivity index is 2.07. The first-order valence-corrected chi connectivity index (χ1v) is 8.22. The van der Waals surface area contributed by atoms with Crippen molar-refractivity contribution in [2.24, 2.45) is 11.7 Å². The summed E-state index contributed by atoms with van der Waals surface area (Å²) in [5, 5.41) is 0. The minimum absolute atomic E-state index is 0.213. The van der Waals surface area contributed by atoms with Crippen LogP contribution in [0.2, 0.25) is 0 Å². The van der Waals surface area contributed by atoms with Crippen LogP contribution in [0.5, 0.6) is 0 Å². The van der Waals surface area contributed by atoms with Crippen LogP contribution in [0.3, 0.4) is 0 Å². The van der Waals surface area contributed by atoms with E-state index in [9.17, 15) is 4.79 Å². The van der Waals surface area contributed by atoms with Gasteiger partial charge in [-0.1, -0.05) is 33.1 Å². The first-order valence-electron chi connectivity index (χ1n) is 8.22. The van der Waals surface area contributed by atoms with Crippen LogP contribution in [-0.4, -0.2) is 28.9 Å². The van der Waals surface area contributed by atoms with E-state index in [-0.39, 0.29) is 5.91 Å². The first-order chi connectivity index (χ1) is 9.12. The minimum Gasteiger partial charge on any atom is -0.338 e. The van der Waals surface area contributed by atoms with Gasteiger partial charge in [0, 0.05) is 12.6 Å². The van der Waals surface area contributed by atoms with E-state index in [1.165, 1.54) is 38.5 Å². The average Bonchev–Trinajstić information content (AvgIpc) is 2.95. The minimum atomic E-state index is -0.628. The fourth-order valence-electron chi connectivity index (χ4n) is 3.89. The molecule has 1 saturated carbocycles. The highest BCUT2D eigenvalue weighted by molar-refractivity contribution is 5.86. The normalized spacial score (nSPS) is 25.8. The summed E-state index contributed by atoms with van der Waals surface area (Å²) in [5.41, 5.74) is 5.69. The number of hydrogen-bond donors (Lipinski definition) is 1. The predicted molar refractivity (Wildman–Crippen MR) is 78.8 cm³/mol. The lowest BCUT2D eigenvalue weighted by molar-refractivity contribution is -0.139. The molecule has 1 aliphatic carbocycles. The van der Waals surface area contributed by atoms with Crippen LogP contribution >= 0.6 is 0 Å². The molecule has 3 heteroatoms. The number of nitrogens with two attached hydrogens (primary N) is 1. The molecule has 1 atom stereocenters. The Morgan fingerprint density at radius 2 is 1.74 bits per heavy atom. The van der Waals surface area contributed by atoms with Gasteiger partial charge in [0.25, 0.3) is 0 Å². The van der Waals surface area contributed by atoms with Gasteiger partial charge in [0.15, 0.2) is 0 Å². The van der Waals surface area contributed by atoms with Gasteiger partial charge in [-0.3, -0.25) is 4.79 Å². The summed E-state index contributed by atoms with van der Waals surface area (Å²) in [6.07, 6.45) is 10.5. The van der Waals surface area contributed by atoms with Gasteiger partial charge in [-0.15, -0.1) is 0 Å². The molecule has 3 nitrogen and oxygen atoms in total. The van der Waals surface area contributed by atoms with Crippen LogP contribution in [0.4, 0.5) is 0 Å². The zero-order chi connectivity index (χ0) is 13.9. The number of carbonyl (C=O) groups excluding carboxylic acids is 1. The van der Waals surface area contributed by atoms with E-state index < -0.39 is 5.54 Å². The molecule has 2 rings (SSSR count). The van der Waals surface area contributed by atoms with Crippen LogP contribution in [0.15, 0.2) is 0 Å². The van der Waals surface area contributed by atoms with Gasteiger partial charge < -0.3 is 10.6 Å². The van der Waals surface area contributed by atoms with E-state index in [0.29, 0.717) is 6.04 Å². The number of rotatable bonds is 4. The zero-order valence-electron chi connectivity index (χ0n) is 12.7. The Kier molecular flexibility index (Phi) is 4.88. The van der Waals surface area contributed by atoms with Crippen molar-refractivity contribution < 1.29 is 4.79 Å². The Labute approximate surface area is 117 Å². The van der Waals surface area contributed by atoms with Crippen molar-refractivity contribution in [3.05, 3.63) is 0 Å². The Bertz CT molecular complexity index is 306. The highest BCUT2D eigenvalue weighted by Gasteiger charge is 2.41. The summed E-state index contributed by atoms with van der Waals surface area (Å²) in [7, 11) is 0. The molecule has 1 heterocycles. The maximum atomic E-state index is 12.8. The average molecular weight is 266 g/mol. The Morgan fingerprint density at radius 1 is 1.11 bits per heavy atom. The monoisotopic (exact) mass is 266 g/mol. The molecule has 110 valence electrons. The number of nitrogens with zero attached hydrogens (tertiary/aromatic N) is 1. The van der Waals surface area contributed by atoms with Gasteiger partial charge in [-0.05, 0) is 44.4 Å². The second-order valence-electron chi connectivity index (χ2n) is 6.47. The third kappa shape index (κ3) is 2.96. The lowest BCUT2D eigenvalue weighted by atomic mass is 9.82. The second kappa shape index (κ2) is 6.25. The molecule has 1 amide bonds. The Hall–Kier alpha value is -0.570. The standard InChI is InChI=1S/C16H30N2O/c1-3-16(17,4-2)15(19)18-12-8-11-14(18)13-9-6-5-7-10-13/h13-14H,3-12,17H2,1-2H3. The molecule has 0 aromatic carbocycles. The molecule has 0 aromatic heterocycles. The quantitative estimate of drug-likeness (QED) is 0.850. The molecule has 0 aromatic rings.